The maximum atomic E-state index is 13.6. The van der Waals surface area contributed by atoms with Gasteiger partial charge in [0.15, 0.2) is 0 Å². The first-order valence-corrected chi connectivity index (χ1v) is 6.22. The average molecular weight is 280 g/mol. The van der Waals surface area contributed by atoms with Crippen LogP contribution in [0.4, 0.5) is 17.6 Å². The molecule has 1 aliphatic rings. The molecule has 0 radical (unpaired) electrons. The van der Waals surface area contributed by atoms with Crippen molar-refractivity contribution < 1.29 is 17.6 Å². The van der Waals surface area contributed by atoms with E-state index in [-0.39, 0.29) is 0 Å². The standard InChI is InChI=1S/C11H12F4N2S/c1-16-6-17(7-18-16)5-8-2-3-9(4-10(8)12)11(13,14)15/h2-4H,5-7H2,1H3. The van der Waals surface area contributed by atoms with Crippen molar-refractivity contribution in [3.63, 3.8) is 0 Å². The molecule has 0 saturated carbocycles. The smallest absolute Gasteiger partial charge is 0.275 e. The van der Waals surface area contributed by atoms with Crippen LogP contribution in [-0.2, 0) is 12.7 Å². The van der Waals surface area contributed by atoms with Crippen molar-refractivity contribution >= 4 is 11.9 Å². The zero-order chi connectivity index (χ0) is 13.3. The Morgan fingerprint density at radius 2 is 2.06 bits per heavy atom. The van der Waals surface area contributed by atoms with Crippen LogP contribution in [0.15, 0.2) is 18.2 Å². The summed E-state index contributed by atoms with van der Waals surface area (Å²) < 4.78 is 52.7. The van der Waals surface area contributed by atoms with Crippen LogP contribution < -0.4 is 0 Å². The van der Waals surface area contributed by atoms with E-state index in [9.17, 15) is 17.6 Å². The summed E-state index contributed by atoms with van der Waals surface area (Å²) in [5.74, 6) is -0.0823. The number of rotatable bonds is 2. The predicted molar refractivity (Wildman–Crippen MR) is 62.0 cm³/mol. The van der Waals surface area contributed by atoms with Crippen molar-refractivity contribution in [3.8, 4) is 0 Å². The zero-order valence-corrected chi connectivity index (χ0v) is 10.5. The number of hydrogen-bond acceptors (Lipinski definition) is 3. The molecule has 0 unspecified atom stereocenters. The first-order chi connectivity index (χ1) is 8.36. The Hall–Kier alpha value is -0.790. The Labute approximate surface area is 107 Å². The molecule has 0 aromatic heterocycles. The van der Waals surface area contributed by atoms with Crippen molar-refractivity contribution in [2.45, 2.75) is 12.7 Å². The van der Waals surface area contributed by atoms with E-state index in [4.69, 9.17) is 0 Å². The van der Waals surface area contributed by atoms with Crippen LogP contribution in [0, 0.1) is 5.82 Å². The van der Waals surface area contributed by atoms with Gasteiger partial charge in [0.1, 0.15) is 5.82 Å². The van der Waals surface area contributed by atoms with E-state index in [1.54, 1.807) is 11.9 Å². The fourth-order valence-corrected chi connectivity index (χ4v) is 2.51. The molecule has 2 nitrogen and oxygen atoms in total. The highest BCUT2D eigenvalue weighted by molar-refractivity contribution is 7.97. The molecule has 1 aromatic rings. The fourth-order valence-electron chi connectivity index (χ4n) is 1.73. The first kappa shape index (κ1) is 13.6. The molecule has 0 aliphatic carbocycles. The third kappa shape index (κ3) is 3.15. The highest BCUT2D eigenvalue weighted by atomic mass is 32.2. The van der Waals surface area contributed by atoms with Gasteiger partial charge in [-0.2, -0.15) is 13.2 Å². The van der Waals surface area contributed by atoms with Crippen LogP contribution in [-0.4, -0.2) is 28.8 Å². The van der Waals surface area contributed by atoms with Gasteiger partial charge in [0.25, 0.3) is 0 Å². The quantitative estimate of drug-likeness (QED) is 0.607. The summed E-state index contributed by atoms with van der Waals surface area (Å²) in [5.41, 5.74) is -0.657. The maximum Gasteiger partial charge on any atom is 0.416 e. The highest BCUT2D eigenvalue weighted by Gasteiger charge is 2.31. The lowest BCUT2D eigenvalue weighted by molar-refractivity contribution is -0.137. The molecule has 0 spiro atoms. The number of hydrogen-bond donors (Lipinski definition) is 0. The maximum absolute atomic E-state index is 13.6. The minimum Gasteiger partial charge on any atom is -0.275 e. The fraction of sp³-hybridized carbons (Fsp3) is 0.455. The van der Waals surface area contributed by atoms with E-state index in [2.05, 4.69) is 0 Å². The lowest BCUT2D eigenvalue weighted by Gasteiger charge is -2.15. The van der Waals surface area contributed by atoms with Crippen molar-refractivity contribution in [3.05, 3.63) is 35.1 Å². The second-order valence-electron chi connectivity index (χ2n) is 4.16. The number of halogens is 4. The molecule has 1 aromatic carbocycles. The van der Waals surface area contributed by atoms with Gasteiger partial charge < -0.3 is 0 Å². The van der Waals surface area contributed by atoms with E-state index in [1.807, 2.05) is 16.3 Å². The monoisotopic (exact) mass is 280 g/mol. The summed E-state index contributed by atoms with van der Waals surface area (Å²) in [4.78, 5) is 1.95. The second kappa shape index (κ2) is 5.07. The Bertz CT molecular complexity index is 436. The van der Waals surface area contributed by atoms with Gasteiger partial charge in [-0.1, -0.05) is 18.0 Å². The van der Waals surface area contributed by atoms with E-state index in [0.29, 0.717) is 24.8 Å². The Balaban J connectivity index is 2.10. The van der Waals surface area contributed by atoms with Crippen molar-refractivity contribution in [1.82, 2.24) is 9.21 Å². The molecular weight excluding hydrogens is 268 g/mol. The lowest BCUT2D eigenvalue weighted by Crippen LogP contribution is -2.23. The van der Waals surface area contributed by atoms with Crippen molar-refractivity contribution in [2.75, 3.05) is 19.6 Å². The number of benzene rings is 1. The summed E-state index contributed by atoms with van der Waals surface area (Å²) in [6.45, 7) is 0.992. The molecule has 18 heavy (non-hydrogen) atoms. The average Bonchev–Trinajstić information content (AvgIpc) is 2.65. The molecule has 100 valence electrons. The predicted octanol–water partition coefficient (Wildman–Crippen LogP) is 3.16. The first-order valence-electron chi connectivity index (χ1n) is 5.28. The summed E-state index contributed by atoms with van der Waals surface area (Å²) in [6.07, 6.45) is -4.50. The molecule has 2 rings (SSSR count). The summed E-state index contributed by atoms with van der Waals surface area (Å²) in [7, 11) is 1.91. The Kier molecular flexibility index (Phi) is 3.84. The lowest BCUT2D eigenvalue weighted by atomic mass is 10.1. The summed E-state index contributed by atoms with van der Waals surface area (Å²) in [6, 6.07) is 2.69. The minimum atomic E-state index is -4.50. The van der Waals surface area contributed by atoms with Gasteiger partial charge in [0, 0.05) is 12.1 Å². The minimum absolute atomic E-state index is 0.291. The van der Waals surface area contributed by atoms with Crippen LogP contribution in [0.3, 0.4) is 0 Å². The molecule has 1 saturated heterocycles. The van der Waals surface area contributed by atoms with E-state index < -0.39 is 17.6 Å². The highest BCUT2D eigenvalue weighted by Crippen LogP contribution is 2.30. The molecular formula is C11H12F4N2S. The van der Waals surface area contributed by atoms with Gasteiger partial charge in [-0.15, -0.1) is 0 Å². The van der Waals surface area contributed by atoms with E-state index in [1.165, 1.54) is 6.07 Å². The molecule has 0 atom stereocenters. The van der Waals surface area contributed by atoms with Crippen LogP contribution in [0.5, 0.6) is 0 Å². The SMILES string of the molecule is CN1CN(Cc2ccc(C(F)(F)F)cc2F)CS1. The molecule has 1 aliphatic heterocycles. The van der Waals surface area contributed by atoms with Gasteiger partial charge in [-0.3, -0.25) is 4.90 Å². The molecule has 0 bridgehead atoms. The second-order valence-corrected chi connectivity index (χ2v) is 5.30. The number of alkyl halides is 3. The van der Waals surface area contributed by atoms with Gasteiger partial charge >= 0.3 is 6.18 Å². The number of nitrogens with zero attached hydrogens (tertiary/aromatic N) is 2. The third-order valence-corrected chi connectivity index (χ3v) is 3.67. The normalized spacial score (nSPS) is 18.5. The molecule has 1 heterocycles. The van der Waals surface area contributed by atoms with Crippen molar-refractivity contribution in [1.29, 1.82) is 0 Å². The summed E-state index contributed by atoms with van der Waals surface area (Å²) >= 11 is 1.59. The Morgan fingerprint density at radius 3 is 2.56 bits per heavy atom. The topological polar surface area (TPSA) is 6.48 Å². The zero-order valence-electron chi connectivity index (χ0n) is 9.67. The molecule has 0 amide bonds. The van der Waals surface area contributed by atoms with Gasteiger partial charge in [0.2, 0.25) is 0 Å². The third-order valence-electron chi connectivity index (χ3n) is 2.63. The van der Waals surface area contributed by atoms with Crippen LogP contribution in [0.2, 0.25) is 0 Å². The van der Waals surface area contributed by atoms with Gasteiger partial charge in [-0.05, 0) is 19.2 Å². The summed E-state index contributed by atoms with van der Waals surface area (Å²) in [5, 5.41) is 0. The Morgan fingerprint density at radius 1 is 1.33 bits per heavy atom. The van der Waals surface area contributed by atoms with E-state index >= 15 is 0 Å². The largest absolute Gasteiger partial charge is 0.416 e. The van der Waals surface area contributed by atoms with Crippen LogP contribution >= 0.6 is 11.9 Å². The molecule has 7 heteroatoms. The van der Waals surface area contributed by atoms with Crippen LogP contribution in [0.25, 0.3) is 0 Å². The molecule has 0 N–H and O–H groups in total. The molecule has 1 fully saturated rings. The van der Waals surface area contributed by atoms with Crippen molar-refractivity contribution in [2.24, 2.45) is 0 Å². The van der Waals surface area contributed by atoms with Gasteiger partial charge in [0.05, 0.1) is 18.1 Å². The van der Waals surface area contributed by atoms with Crippen LogP contribution in [0.1, 0.15) is 11.1 Å². The van der Waals surface area contributed by atoms with E-state index in [0.717, 1.165) is 11.9 Å². The van der Waals surface area contributed by atoms with Gasteiger partial charge in [-0.25, -0.2) is 8.70 Å².